The van der Waals surface area contributed by atoms with Gasteiger partial charge in [-0.15, -0.1) is 0 Å². The maximum Gasteiger partial charge on any atom is 0.154 e. The molecule has 0 spiro atoms. The first kappa shape index (κ1) is 14.2. The summed E-state index contributed by atoms with van der Waals surface area (Å²) in [5, 5.41) is 0. The molecule has 2 nitrogen and oxygen atoms in total. The predicted octanol–water partition coefficient (Wildman–Crippen LogP) is 3.38. The van der Waals surface area contributed by atoms with Crippen LogP contribution in [0.5, 0.6) is 0 Å². The number of hydrogen-bond donors (Lipinski definition) is 0. The van der Waals surface area contributed by atoms with E-state index in [1.54, 1.807) is 13.0 Å². The van der Waals surface area contributed by atoms with E-state index in [9.17, 15) is 4.79 Å². The molecule has 0 saturated heterocycles. The van der Waals surface area contributed by atoms with Crippen LogP contribution in [0.4, 0.5) is 0 Å². The number of ketones is 1. The maximum absolute atomic E-state index is 11.0. The molecule has 0 bridgehead atoms. The predicted molar refractivity (Wildman–Crippen MR) is 65.8 cm³/mol. The third kappa shape index (κ3) is 7.18. The summed E-state index contributed by atoms with van der Waals surface area (Å²) < 4.78 is 0. The van der Waals surface area contributed by atoms with E-state index in [4.69, 9.17) is 0 Å². The highest BCUT2D eigenvalue weighted by molar-refractivity contribution is 5.87. The molecule has 0 aromatic carbocycles. The van der Waals surface area contributed by atoms with E-state index in [0.717, 1.165) is 18.8 Å². The summed E-state index contributed by atoms with van der Waals surface area (Å²) in [6, 6.07) is 0. The smallest absolute Gasteiger partial charge is 0.154 e. The molecule has 0 radical (unpaired) electrons. The zero-order chi connectivity index (χ0) is 11.7. The Morgan fingerprint density at radius 3 is 1.87 bits per heavy atom. The topological polar surface area (TPSA) is 20.3 Å². The van der Waals surface area contributed by atoms with Crippen LogP contribution in [0.2, 0.25) is 0 Å². The van der Waals surface area contributed by atoms with Crippen LogP contribution >= 0.6 is 0 Å². The first-order valence-electron chi connectivity index (χ1n) is 6.05. The molecule has 0 aromatic rings. The number of carbonyl (C=O) groups is 1. The zero-order valence-electron chi connectivity index (χ0n) is 10.7. The van der Waals surface area contributed by atoms with Crippen molar-refractivity contribution in [3.63, 3.8) is 0 Å². The van der Waals surface area contributed by atoms with Crippen molar-refractivity contribution < 1.29 is 4.79 Å². The Morgan fingerprint density at radius 1 is 1.07 bits per heavy atom. The van der Waals surface area contributed by atoms with Crippen LogP contribution < -0.4 is 0 Å². The van der Waals surface area contributed by atoms with Crippen LogP contribution in [0.1, 0.15) is 53.4 Å². The van der Waals surface area contributed by atoms with E-state index in [1.165, 1.54) is 25.7 Å². The Morgan fingerprint density at radius 2 is 1.53 bits per heavy atom. The minimum atomic E-state index is 0.144. The lowest BCUT2D eigenvalue weighted by Gasteiger charge is -2.25. The summed E-state index contributed by atoms with van der Waals surface area (Å²) in [6.07, 6.45) is 6.55. The average molecular weight is 211 g/mol. The normalized spacial score (nSPS) is 11.6. The Kier molecular flexibility index (Phi) is 8.06. The van der Waals surface area contributed by atoms with Gasteiger partial charge < -0.3 is 4.90 Å². The molecule has 88 valence electrons. The largest absolute Gasteiger partial charge is 0.375 e. The number of carbonyl (C=O) groups excluding carboxylic acids is 1. The number of rotatable bonds is 8. The molecule has 15 heavy (non-hydrogen) atoms. The number of allylic oxidation sites excluding steroid dienone is 2. The summed E-state index contributed by atoms with van der Waals surface area (Å²) in [7, 11) is 0. The second-order valence-electron chi connectivity index (χ2n) is 4.09. The van der Waals surface area contributed by atoms with Crippen molar-refractivity contribution in [3.8, 4) is 0 Å². The van der Waals surface area contributed by atoms with Crippen LogP contribution in [-0.4, -0.2) is 23.8 Å². The molecule has 0 atom stereocenters. The van der Waals surface area contributed by atoms with Gasteiger partial charge in [0.1, 0.15) is 0 Å². The molecule has 0 aliphatic rings. The molecule has 0 fully saturated rings. The lowest BCUT2D eigenvalue weighted by molar-refractivity contribution is -0.112. The molecular formula is C13H25NO. The molecule has 0 N–H and O–H groups in total. The summed E-state index contributed by atoms with van der Waals surface area (Å²) in [5.41, 5.74) is 1.12. The third-order valence-electron chi connectivity index (χ3n) is 2.47. The highest BCUT2D eigenvalue weighted by Gasteiger charge is 2.04. The highest BCUT2D eigenvalue weighted by Crippen LogP contribution is 2.07. The summed E-state index contributed by atoms with van der Waals surface area (Å²) in [4.78, 5) is 13.3. The van der Waals surface area contributed by atoms with Gasteiger partial charge in [-0.3, -0.25) is 4.79 Å². The lowest BCUT2D eigenvalue weighted by atomic mass is 10.2. The molecule has 0 heterocycles. The van der Waals surface area contributed by atoms with Gasteiger partial charge in [-0.05, 0) is 32.8 Å². The van der Waals surface area contributed by atoms with E-state index in [-0.39, 0.29) is 5.78 Å². The van der Waals surface area contributed by atoms with Gasteiger partial charge in [0.2, 0.25) is 0 Å². The second-order valence-corrected chi connectivity index (χ2v) is 4.09. The molecule has 0 amide bonds. The van der Waals surface area contributed by atoms with Crippen LogP contribution in [0.3, 0.4) is 0 Å². The SMILES string of the molecule is CCCCN(CCCC)/C(C)=C/C(C)=O. The van der Waals surface area contributed by atoms with Gasteiger partial charge in [0.05, 0.1) is 0 Å². The van der Waals surface area contributed by atoms with Gasteiger partial charge in [0.15, 0.2) is 5.78 Å². The molecule has 0 saturated carbocycles. The Bertz CT molecular complexity index is 201. The quantitative estimate of drug-likeness (QED) is 0.574. The zero-order valence-corrected chi connectivity index (χ0v) is 10.7. The van der Waals surface area contributed by atoms with Crippen molar-refractivity contribution in [2.75, 3.05) is 13.1 Å². The van der Waals surface area contributed by atoms with Crippen molar-refractivity contribution in [2.24, 2.45) is 0 Å². The molecular weight excluding hydrogens is 186 g/mol. The van der Waals surface area contributed by atoms with Gasteiger partial charge >= 0.3 is 0 Å². The first-order chi connectivity index (χ1) is 7.11. The second kappa shape index (κ2) is 8.51. The Hall–Kier alpha value is -0.790. The first-order valence-corrected chi connectivity index (χ1v) is 6.05. The Labute approximate surface area is 94.4 Å². The molecule has 2 heteroatoms. The van der Waals surface area contributed by atoms with Crippen LogP contribution in [0.15, 0.2) is 11.8 Å². The number of hydrogen-bond acceptors (Lipinski definition) is 2. The van der Waals surface area contributed by atoms with Crippen molar-refractivity contribution in [1.82, 2.24) is 4.90 Å². The fourth-order valence-electron chi connectivity index (χ4n) is 1.55. The van der Waals surface area contributed by atoms with E-state index < -0.39 is 0 Å². The van der Waals surface area contributed by atoms with Crippen molar-refractivity contribution in [2.45, 2.75) is 53.4 Å². The summed E-state index contributed by atoms with van der Waals surface area (Å²) >= 11 is 0. The van der Waals surface area contributed by atoms with E-state index in [2.05, 4.69) is 18.7 Å². The molecule has 0 aromatic heterocycles. The average Bonchev–Trinajstić information content (AvgIpc) is 2.17. The van der Waals surface area contributed by atoms with E-state index in [0.29, 0.717) is 0 Å². The fraction of sp³-hybridized carbons (Fsp3) is 0.769. The standard InChI is InChI=1S/C13H25NO/c1-5-7-9-14(10-8-6-2)12(3)11-13(4)15/h11H,5-10H2,1-4H3/b12-11+. The van der Waals surface area contributed by atoms with E-state index in [1.807, 2.05) is 6.92 Å². The lowest BCUT2D eigenvalue weighted by Crippen LogP contribution is -2.24. The minimum absolute atomic E-state index is 0.144. The Balaban J connectivity index is 4.25. The van der Waals surface area contributed by atoms with Crippen molar-refractivity contribution >= 4 is 5.78 Å². The molecule has 0 unspecified atom stereocenters. The molecule has 0 aliphatic heterocycles. The highest BCUT2D eigenvalue weighted by atomic mass is 16.1. The van der Waals surface area contributed by atoms with E-state index >= 15 is 0 Å². The van der Waals surface area contributed by atoms with Crippen LogP contribution in [0, 0.1) is 0 Å². The van der Waals surface area contributed by atoms with Gasteiger partial charge in [-0.25, -0.2) is 0 Å². The van der Waals surface area contributed by atoms with Crippen LogP contribution in [0.25, 0.3) is 0 Å². The monoisotopic (exact) mass is 211 g/mol. The van der Waals surface area contributed by atoms with Crippen molar-refractivity contribution in [3.05, 3.63) is 11.8 Å². The number of unbranched alkanes of at least 4 members (excludes halogenated alkanes) is 2. The minimum Gasteiger partial charge on any atom is -0.375 e. The number of nitrogens with zero attached hydrogens (tertiary/aromatic N) is 1. The summed E-state index contributed by atoms with van der Waals surface area (Å²) in [5.74, 6) is 0.144. The van der Waals surface area contributed by atoms with Crippen molar-refractivity contribution in [1.29, 1.82) is 0 Å². The van der Waals surface area contributed by atoms with Gasteiger partial charge in [0, 0.05) is 18.8 Å². The molecule has 0 rings (SSSR count). The summed E-state index contributed by atoms with van der Waals surface area (Å²) in [6.45, 7) is 10.2. The third-order valence-corrected chi connectivity index (χ3v) is 2.47. The van der Waals surface area contributed by atoms with Gasteiger partial charge in [0.25, 0.3) is 0 Å². The van der Waals surface area contributed by atoms with Gasteiger partial charge in [-0.2, -0.15) is 0 Å². The van der Waals surface area contributed by atoms with Gasteiger partial charge in [-0.1, -0.05) is 26.7 Å². The maximum atomic E-state index is 11.0. The van der Waals surface area contributed by atoms with Crippen LogP contribution in [-0.2, 0) is 4.79 Å². The molecule has 0 aliphatic carbocycles. The fourth-order valence-corrected chi connectivity index (χ4v) is 1.55.